The third kappa shape index (κ3) is 1.21. The van der Waals surface area contributed by atoms with Gasteiger partial charge in [-0.3, -0.25) is 0 Å². The van der Waals surface area contributed by atoms with Gasteiger partial charge in [0.05, 0.1) is 5.69 Å². The van der Waals surface area contributed by atoms with Crippen LogP contribution >= 0.6 is 12.2 Å². The van der Waals surface area contributed by atoms with Gasteiger partial charge in [-0.25, -0.2) is 0 Å². The van der Waals surface area contributed by atoms with E-state index in [0.717, 1.165) is 11.3 Å². The average Bonchev–Trinajstić information content (AvgIpc) is 2.03. The molecule has 3 nitrogen and oxygen atoms in total. The zero-order valence-electron chi connectivity index (χ0n) is 6.20. The fourth-order valence-corrected chi connectivity index (χ4v) is 1.26. The molecule has 0 fully saturated rings. The Balaban J connectivity index is 2.44. The van der Waals surface area contributed by atoms with Crippen LogP contribution in [0, 0.1) is 0 Å². The molecule has 0 amide bonds. The first kappa shape index (κ1) is 7.36. The number of hydrogen-bond donors (Lipinski definition) is 2. The van der Waals surface area contributed by atoms with E-state index in [1.165, 1.54) is 0 Å². The summed E-state index contributed by atoms with van der Waals surface area (Å²) in [7, 11) is 0. The molecule has 0 bridgehead atoms. The molecule has 0 radical (unpaired) electrons. The van der Waals surface area contributed by atoms with Crippen LogP contribution in [0.1, 0.15) is 5.56 Å². The Hall–Kier alpha value is -1.29. The molecule has 1 aliphatic heterocycles. The van der Waals surface area contributed by atoms with Crippen LogP contribution in [-0.2, 0) is 11.3 Å². The zero-order valence-corrected chi connectivity index (χ0v) is 7.02. The number of phenolic OH excluding ortho intramolecular Hbond substituents is 1. The number of benzene rings is 1. The van der Waals surface area contributed by atoms with Crippen molar-refractivity contribution in [3.05, 3.63) is 23.8 Å². The highest BCUT2D eigenvalue weighted by atomic mass is 32.1. The summed E-state index contributed by atoms with van der Waals surface area (Å²) in [6.45, 7) is 0.474. The summed E-state index contributed by atoms with van der Waals surface area (Å²) in [5.74, 6) is 0.228. The number of rotatable bonds is 0. The van der Waals surface area contributed by atoms with Crippen molar-refractivity contribution in [1.82, 2.24) is 0 Å². The number of ether oxygens (including phenoxy) is 1. The second-order valence-electron chi connectivity index (χ2n) is 2.54. The van der Waals surface area contributed by atoms with E-state index in [2.05, 4.69) is 5.32 Å². The molecule has 62 valence electrons. The average molecular weight is 181 g/mol. The fourth-order valence-electron chi connectivity index (χ4n) is 1.10. The molecule has 0 aromatic heterocycles. The molecule has 1 aromatic carbocycles. The molecular formula is C8H7NO2S. The van der Waals surface area contributed by atoms with Gasteiger partial charge in [-0.05, 0) is 24.4 Å². The van der Waals surface area contributed by atoms with Gasteiger partial charge in [0.1, 0.15) is 12.4 Å². The minimum atomic E-state index is 0.228. The number of aromatic hydroxyl groups is 1. The normalized spacial score (nSPS) is 14.5. The number of anilines is 1. The predicted molar refractivity (Wildman–Crippen MR) is 49.1 cm³/mol. The molecule has 0 saturated heterocycles. The van der Waals surface area contributed by atoms with E-state index < -0.39 is 0 Å². The van der Waals surface area contributed by atoms with Crippen LogP contribution in [0.15, 0.2) is 18.2 Å². The maximum atomic E-state index is 9.15. The van der Waals surface area contributed by atoms with Crippen molar-refractivity contribution < 1.29 is 9.84 Å². The quantitative estimate of drug-likeness (QED) is 0.597. The van der Waals surface area contributed by atoms with Crippen molar-refractivity contribution >= 4 is 23.1 Å². The summed E-state index contributed by atoms with van der Waals surface area (Å²) in [6.07, 6.45) is 0. The lowest BCUT2D eigenvalue weighted by Gasteiger charge is -2.19. The lowest BCUT2D eigenvalue weighted by Crippen LogP contribution is -2.19. The lowest BCUT2D eigenvalue weighted by molar-refractivity contribution is 0.294. The second-order valence-corrected chi connectivity index (χ2v) is 2.91. The highest BCUT2D eigenvalue weighted by molar-refractivity contribution is 7.80. The summed E-state index contributed by atoms with van der Waals surface area (Å²) in [5.41, 5.74) is 1.83. The van der Waals surface area contributed by atoms with Crippen LogP contribution in [0.3, 0.4) is 0 Å². The van der Waals surface area contributed by atoms with Crippen molar-refractivity contribution in [3.8, 4) is 5.75 Å². The van der Waals surface area contributed by atoms with E-state index in [0.29, 0.717) is 11.8 Å². The molecule has 1 heterocycles. The molecule has 0 spiro atoms. The minimum absolute atomic E-state index is 0.228. The molecule has 1 aromatic rings. The molecule has 0 atom stereocenters. The molecule has 2 N–H and O–H groups in total. The Morgan fingerprint density at radius 3 is 3.17 bits per heavy atom. The van der Waals surface area contributed by atoms with Crippen molar-refractivity contribution in [2.75, 3.05) is 5.32 Å². The van der Waals surface area contributed by atoms with Gasteiger partial charge in [0.15, 0.2) is 0 Å². The first-order chi connectivity index (χ1) is 5.75. The molecule has 0 aliphatic carbocycles. The van der Waals surface area contributed by atoms with Gasteiger partial charge in [-0.2, -0.15) is 0 Å². The molecule has 0 unspecified atom stereocenters. The molecule has 0 saturated carbocycles. The van der Waals surface area contributed by atoms with Gasteiger partial charge < -0.3 is 15.2 Å². The third-order valence-corrected chi connectivity index (χ3v) is 1.91. The predicted octanol–water partition coefficient (Wildman–Crippen LogP) is 1.62. The highest BCUT2D eigenvalue weighted by Gasteiger charge is 2.12. The fraction of sp³-hybridized carbons (Fsp3) is 0.125. The summed E-state index contributed by atoms with van der Waals surface area (Å²) >= 11 is 4.81. The van der Waals surface area contributed by atoms with Gasteiger partial charge >= 0.3 is 0 Å². The maximum Gasteiger partial charge on any atom is 0.261 e. The van der Waals surface area contributed by atoms with Crippen LogP contribution in [0.25, 0.3) is 0 Å². The molecular weight excluding hydrogens is 174 g/mol. The summed E-state index contributed by atoms with van der Waals surface area (Å²) in [6, 6.07) is 5.06. The Bertz CT molecular complexity index is 338. The van der Waals surface area contributed by atoms with Crippen LogP contribution in [-0.4, -0.2) is 10.3 Å². The largest absolute Gasteiger partial charge is 0.508 e. The van der Waals surface area contributed by atoms with Gasteiger partial charge in [0, 0.05) is 11.6 Å². The number of hydrogen-bond acceptors (Lipinski definition) is 3. The Morgan fingerprint density at radius 2 is 2.33 bits per heavy atom. The van der Waals surface area contributed by atoms with E-state index in [1.807, 2.05) is 0 Å². The van der Waals surface area contributed by atoms with Gasteiger partial charge in [0.25, 0.3) is 5.17 Å². The van der Waals surface area contributed by atoms with Crippen molar-refractivity contribution in [2.45, 2.75) is 6.61 Å². The first-order valence-corrected chi connectivity index (χ1v) is 3.92. The van der Waals surface area contributed by atoms with Crippen LogP contribution in [0.5, 0.6) is 5.75 Å². The summed E-state index contributed by atoms with van der Waals surface area (Å²) < 4.78 is 5.08. The van der Waals surface area contributed by atoms with Gasteiger partial charge in [0.2, 0.25) is 0 Å². The Morgan fingerprint density at radius 1 is 1.50 bits per heavy atom. The third-order valence-electron chi connectivity index (χ3n) is 1.69. The van der Waals surface area contributed by atoms with Crippen LogP contribution in [0.4, 0.5) is 5.69 Å². The molecule has 12 heavy (non-hydrogen) atoms. The topological polar surface area (TPSA) is 41.5 Å². The maximum absolute atomic E-state index is 9.15. The molecule has 1 aliphatic rings. The van der Waals surface area contributed by atoms with E-state index in [4.69, 9.17) is 22.1 Å². The lowest BCUT2D eigenvalue weighted by atomic mass is 10.1. The van der Waals surface area contributed by atoms with E-state index in [1.54, 1.807) is 18.2 Å². The SMILES string of the molecule is Oc1ccc2c(c1)NC(=S)OC2. The Labute approximate surface area is 75.0 Å². The van der Waals surface area contributed by atoms with E-state index in [9.17, 15) is 0 Å². The number of phenols is 1. The van der Waals surface area contributed by atoms with E-state index >= 15 is 0 Å². The highest BCUT2D eigenvalue weighted by Crippen LogP contribution is 2.25. The second kappa shape index (κ2) is 2.64. The number of fused-ring (bicyclic) bond motifs is 1. The molecule has 4 heteroatoms. The van der Waals surface area contributed by atoms with E-state index in [-0.39, 0.29) is 5.75 Å². The van der Waals surface area contributed by atoms with Crippen molar-refractivity contribution in [2.24, 2.45) is 0 Å². The van der Waals surface area contributed by atoms with Crippen LogP contribution in [0.2, 0.25) is 0 Å². The summed E-state index contributed by atoms with van der Waals surface area (Å²) in [4.78, 5) is 0. The summed E-state index contributed by atoms with van der Waals surface area (Å²) in [5, 5.41) is 12.4. The smallest absolute Gasteiger partial charge is 0.261 e. The van der Waals surface area contributed by atoms with Gasteiger partial charge in [-0.1, -0.05) is 0 Å². The first-order valence-electron chi connectivity index (χ1n) is 3.51. The van der Waals surface area contributed by atoms with Crippen LogP contribution < -0.4 is 5.32 Å². The van der Waals surface area contributed by atoms with Gasteiger partial charge in [-0.15, -0.1) is 0 Å². The Kier molecular flexibility index (Phi) is 1.62. The standard InChI is InChI=1S/C8H7NO2S/c10-6-2-1-5-4-11-8(12)9-7(5)3-6/h1-3,10H,4H2,(H,9,12). The number of nitrogens with one attached hydrogen (secondary N) is 1. The minimum Gasteiger partial charge on any atom is -0.508 e. The number of thiocarbonyl (C=S) groups is 1. The monoisotopic (exact) mass is 181 g/mol. The van der Waals surface area contributed by atoms with Crippen molar-refractivity contribution in [3.63, 3.8) is 0 Å². The van der Waals surface area contributed by atoms with Crippen molar-refractivity contribution in [1.29, 1.82) is 0 Å². The molecule has 2 rings (SSSR count). The zero-order chi connectivity index (χ0) is 8.55.